The van der Waals surface area contributed by atoms with E-state index in [9.17, 15) is 8.42 Å². The number of nitrogens with one attached hydrogen (secondary N) is 1. The molecule has 1 aliphatic rings. The molecule has 2 aromatic rings. The largest absolute Gasteiger partial charge is 0.366 e. The highest BCUT2D eigenvalue weighted by atomic mass is 79.9. The molecule has 1 aromatic carbocycles. The third-order valence-corrected chi connectivity index (χ3v) is 6.42. The van der Waals surface area contributed by atoms with Crippen molar-refractivity contribution in [3.8, 4) is 0 Å². The van der Waals surface area contributed by atoms with Gasteiger partial charge in [0, 0.05) is 30.3 Å². The lowest BCUT2D eigenvalue weighted by Gasteiger charge is -2.26. The first kappa shape index (κ1) is 17.4. The van der Waals surface area contributed by atoms with E-state index in [-0.39, 0.29) is 0 Å². The Labute approximate surface area is 151 Å². The molecule has 24 heavy (non-hydrogen) atoms. The van der Waals surface area contributed by atoms with Crippen LogP contribution >= 0.6 is 15.9 Å². The Kier molecular flexibility index (Phi) is 5.53. The van der Waals surface area contributed by atoms with E-state index < -0.39 is 10.0 Å². The number of hydrogen-bond donors (Lipinski definition) is 1. The Morgan fingerprint density at radius 3 is 2.62 bits per heavy atom. The van der Waals surface area contributed by atoms with Crippen LogP contribution in [0.1, 0.15) is 24.8 Å². The van der Waals surface area contributed by atoms with E-state index in [2.05, 4.69) is 26.2 Å². The van der Waals surface area contributed by atoms with E-state index in [0.29, 0.717) is 24.5 Å². The van der Waals surface area contributed by atoms with E-state index in [4.69, 9.17) is 0 Å². The number of pyridine rings is 1. The first-order chi connectivity index (χ1) is 11.6. The number of sulfonamides is 1. The fraction of sp³-hybridized carbons (Fsp3) is 0.353. The van der Waals surface area contributed by atoms with Gasteiger partial charge < -0.3 is 5.32 Å². The molecule has 1 aromatic heterocycles. The normalized spacial score (nSPS) is 16.0. The molecule has 0 unspecified atom stereocenters. The van der Waals surface area contributed by atoms with Gasteiger partial charge in [-0.25, -0.2) is 13.4 Å². The molecule has 0 aliphatic carbocycles. The van der Waals surface area contributed by atoms with Crippen LogP contribution in [0, 0.1) is 0 Å². The van der Waals surface area contributed by atoms with Crippen molar-refractivity contribution in [2.24, 2.45) is 0 Å². The Morgan fingerprint density at radius 1 is 1.12 bits per heavy atom. The van der Waals surface area contributed by atoms with Crippen LogP contribution in [0.25, 0.3) is 0 Å². The van der Waals surface area contributed by atoms with Gasteiger partial charge in [0.1, 0.15) is 5.82 Å². The summed E-state index contributed by atoms with van der Waals surface area (Å²) in [5.74, 6) is 0.752. The van der Waals surface area contributed by atoms with Crippen LogP contribution in [0.2, 0.25) is 0 Å². The van der Waals surface area contributed by atoms with Gasteiger partial charge in [0.05, 0.1) is 4.90 Å². The van der Waals surface area contributed by atoms with E-state index in [1.807, 2.05) is 18.2 Å². The van der Waals surface area contributed by atoms with Crippen LogP contribution < -0.4 is 5.32 Å². The molecular weight excluding hydrogens is 390 g/mol. The molecule has 1 saturated heterocycles. The molecule has 0 spiro atoms. The van der Waals surface area contributed by atoms with Crippen LogP contribution in [0.15, 0.2) is 52.0 Å². The summed E-state index contributed by atoms with van der Waals surface area (Å²) in [4.78, 5) is 4.62. The fourth-order valence-electron chi connectivity index (χ4n) is 2.74. The number of anilines is 1. The van der Waals surface area contributed by atoms with Crippen molar-refractivity contribution in [1.29, 1.82) is 0 Å². The first-order valence-electron chi connectivity index (χ1n) is 8.00. The third kappa shape index (κ3) is 4.15. The van der Waals surface area contributed by atoms with Crippen molar-refractivity contribution in [2.75, 3.05) is 18.4 Å². The van der Waals surface area contributed by atoms with Gasteiger partial charge in [0.25, 0.3) is 0 Å². The van der Waals surface area contributed by atoms with E-state index in [1.165, 1.54) is 0 Å². The van der Waals surface area contributed by atoms with Crippen molar-refractivity contribution in [3.63, 3.8) is 0 Å². The molecule has 0 radical (unpaired) electrons. The second kappa shape index (κ2) is 7.63. The predicted molar refractivity (Wildman–Crippen MR) is 98.3 cm³/mol. The van der Waals surface area contributed by atoms with E-state index >= 15 is 0 Å². The molecule has 2 heterocycles. The molecule has 1 aliphatic heterocycles. The number of halogens is 1. The number of rotatable bonds is 5. The lowest BCUT2D eigenvalue weighted by atomic mass is 10.2. The molecule has 1 N–H and O–H groups in total. The number of piperidine rings is 1. The Bertz CT molecular complexity index is 788. The van der Waals surface area contributed by atoms with Crippen molar-refractivity contribution < 1.29 is 8.42 Å². The Hall–Kier alpha value is -1.44. The SMILES string of the molecule is O=S(=O)(c1cccc(CNc2ccc(Br)cn2)c1)N1CCCCC1. The highest BCUT2D eigenvalue weighted by Crippen LogP contribution is 2.21. The molecule has 5 nitrogen and oxygen atoms in total. The summed E-state index contributed by atoms with van der Waals surface area (Å²) in [6.07, 6.45) is 4.71. The summed E-state index contributed by atoms with van der Waals surface area (Å²) in [6.45, 7) is 1.76. The van der Waals surface area contributed by atoms with E-state index in [1.54, 1.807) is 28.7 Å². The van der Waals surface area contributed by atoms with Gasteiger partial charge in [0.15, 0.2) is 0 Å². The maximum Gasteiger partial charge on any atom is 0.243 e. The maximum atomic E-state index is 12.7. The highest BCUT2D eigenvalue weighted by molar-refractivity contribution is 9.10. The molecule has 7 heteroatoms. The summed E-state index contributed by atoms with van der Waals surface area (Å²) in [5.41, 5.74) is 0.915. The number of nitrogens with zero attached hydrogens (tertiary/aromatic N) is 2. The molecule has 0 saturated carbocycles. The smallest absolute Gasteiger partial charge is 0.243 e. The summed E-state index contributed by atoms with van der Waals surface area (Å²) in [6, 6.07) is 10.9. The summed E-state index contributed by atoms with van der Waals surface area (Å²) in [5, 5.41) is 3.21. The highest BCUT2D eigenvalue weighted by Gasteiger charge is 2.25. The predicted octanol–water partition coefficient (Wildman–Crippen LogP) is 3.63. The van der Waals surface area contributed by atoms with Crippen molar-refractivity contribution in [1.82, 2.24) is 9.29 Å². The van der Waals surface area contributed by atoms with Crippen molar-refractivity contribution in [3.05, 3.63) is 52.6 Å². The number of aromatic nitrogens is 1. The zero-order chi connectivity index (χ0) is 17.0. The Morgan fingerprint density at radius 2 is 1.92 bits per heavy atom. The lowest BCUT2D eigenvalue weighted by Crippen LogP contribution is -2.35. The minimum Gasteiger partial charge on any atom is -0.366 e. The monoisotopic (exact) mass is 409 g/mol. The molecule has 3 rings (SSSR count). The number of benzene rings is 1. The average Bonchev–Trinajstić information content (AvgIpc) is 2.62. The quantitative estimate of drug-likeness (QED) is 0.818. The molecule has 0 amide bonds. The Balaban J connectivity index is 1.72. The van der Waals surface area contributed by atoms with Gasteiger partial charge >= 0.3 is 0 Å². The van der Waals surface area contributed by atoms with Crippen LogP contribution in [0.3, 0.4) is 0 Å². The maximum absolute atomic E-state index is 12.7. The van der Waals surface area contributed by atoms with Crippen LogP contribution in [0.4, 0.5) is 5.82 Å². The minimum absolute atomic E-state index is 0.368. The lowest BCUT2D eigenvalue weighted by molar-refractivity contribution is 0.346. The van der Waals surface area contributed by atoms with Gasteiger partial charge in [0.2, 0.25) is 10.0 Å². The summed E-state index contributed by atoms with van der Waals surface area (Å²) in [7, 11) is -3.39. The van der Waals surface area contributed by atoms with E-state index in [0.717, 1.165) is 35.1 Å². The second-order valence-corrected chi connectivity index (χ2v) is 8.68. The number of hydrogen-bond acceptors (Lipinski definition) is 4. The van der Waals surface area contributed by atoms with Crippen molar-refractivity contribution in [2.45, 2.75) is 30.7 Å². The molecule has 1 fully saturated rings. The zero-order valence-electron chi connectivity index (χ0n) is 13.3. The van der Waals surface area contributed by atoms with Crippen molar-refractivity contribution >= 4 is 31.8 Å². The zero-order valence-corrected chi connectivity index (χ0v) is 15.7. The average molecular weight is 410 g/mol. The topological polar surface area (TPSA) is 62.3 Å². The van der Waals surface area contributed by atoms with Gasteiger partial charge in [-0.2, -0.15) is 4.31 Å². The van der Waals surface area contributed by atoms with Gasteiger partial charge in [-0.05, 0) is 58.6 Å². The van der Waals surface area contributed by atoms with Crippen LogP contribution in [-0.2, 0) is 16.6 Å². The third-order valence-electron chi connectivity index (χ3n) is 4.05. The molecule has 0 bridgehead atoms. The summed E-state index contributed by atoms with van der Waals surface area (Å²) >= 11 is 3.35. The minimum atomic E-state index is -3.39. The van der Waals surface area contributed by atoms with Gasteiger partial charge in [-0.1, -0.05) is 18.6 Å². The standard InChI is InChI=1S/C17H20BrN3O2S/c18-15-7-8-17(20-13-15)19-12-14-5-4-6-16(11-14)24(22,23)21-9-2-1-3-10-21/h4-8,11,13H,1-3,9-10,12H2,(H,19,20). The molecule has 0 atom stereocenters. The van der Waals surface area contributed by atoms with Crippen LogP contribution in [-0.4, -0.2) is 30.8 Å². The van der Waals surface area contributed by atoms with Crippen LogP contribution in [0.5, 0.6) is 0 Å². The van der Waals surface area contributed by atoms with Gasteiger partial charge in [-0.15, -0.1) is 0 Å². The second-order valence-electron chi connectivity index (χ2n) is 5.83. The summed E-state index contributed by atoms with van der Waals surface area (Å²) < 4.78 is 28.0. The fourth-order valence-corrected chi connectivity index (χ4v) is 4.57. The van der Waals surface area contributed by atoms with Gasteiger partial charge in [-0.3, -0.25) is 0 Å². The molecular formula is C17H20BrN3O2S. The first-order valence-corrected chi connectivity index (χ1v) is 10.2. The molecule has 128 valence electrons.